The summed E-state index contributed by atoms with van der Waals surface area (Å²) >= 11 is 1.62. The molecule has 3 aromatic rings. The van der Waals surface area contributed by atoms with Gasteiger partial charge in [0.2, 0.25) is 0 Å². The second-order valence-electron chi connectivity index (χ2n) is 5.34. The van der Waals surface area contributed by atoms with Crippen LogP contribution in [-0.2, 0) is 0 Å². The Morgan fingerprint density at radius 2 is 2.17 bits per heavy atom. The Morgan fingerprint density at radius 1 is 1.35 bits per heavy atom. The fourth-order valence-corrected chi connectivity index (χ4v) is 2.90. The van der Waals surface area contributed by atoms with E-state index in [1.807, 2.05) is 33.8 Å². The van der Waals surface area contributed by atoms with Crippen molar-refractivity contribution >= 4 is 23.2 Å². The largest absolute Gasteiger partial charge is 0.465 e. The van der Waals surface area contributed by atoms with E-state index in [0.717, 1.165) is 22.4 Å². The number of nitrogens with zero attached hydrogens (tertiary/aromatic N) is 3. The Labute approximate surface area is 137 Å². The number of carboxylic acid groups (broad SMARTS) is 1. The third-order valence-electron chi connectivity index (χ3n) is 3.36. The molecular formula is C16H16N4O2S. The van der Waals surface area contributed by atoms with Gasteiger partial charge in [-0.25, -0.2) is 9.78 Å². The predicted octanol–water partition coefficient (Wildman–Crippen LogP) is 4.34. The van der Waals surface area contributed by atoms with Crippen LogP contribution in [0.25, 0.3) is 22.4 Å². The predicted molar refractivity (Wildman–Crippen MR) is 90.8 cm³/mol. The summed E-state index contributed by atoms with van der Waals surface area (Å²) in [7, 11) is 0. The van der Waals surface area contributed by atoms with Crippen molar-refractivity contribution in [2.75, 3.05) is 5.32 Å². The van der Waals surface area contributed by atoms with Crippen LogP contribution in [0.2, 0.25) is 0 Å². The first-order valence-corrected chi connectivity index (χ1v) is 8.07. The first-order valence-electron chi connectivity index (χ1n) is 7.12. The molecule has 6 nitrogen and oxygen atoms in total. The molecule has 0 aromatic carbocycles. The number of hydrogen-bond donors (Lipinski definition) is 2. The maximum atomic E-state index is 10.8. The van der Waals surface area contributed by atoms with Crippen molar-refractivity contribution in [3.05, 3.63) is 41.4 Å². The number of carbonyl (C=O) groups is 1. The van der Waals surface area contributed by atoms with Gasteiger partial charge in [-0.1, -0.05) is 0 Å². The molecule has 0 radical (unpaired) electrons. The van der Waals surface area contributed by atoms with E-state index in [1.54, 1.807) is 23.6 Å². The number of anilines is 1. The van der Waals surface area contributed by atoms with Crippen molar-refractivity contribution in [3.8, 4) is 22.4 Å². The second-order valence-corrected chi connectivity index (χ2v) is 6.12. The molecule has 2 N–H and O–H groups in total. The summed E-state index contributed by atoms with van der Waals surface area (Å²) < 4.78 is 1.91. The molecule has 0 aliphatic rings. The first kappa shape index (κ1) is 15.2. The fourth-order valence-electron chi connectivity index (χ4n) is 2.26. The average molecular weight is 328 g/mol. The Bertz CT molecular complexity index is 824. The summed E-state index contributed by atoms with van der Waals surface area (Å²) in [5, 5.41) is 19.9. The lowest BCUT2D eigenvalue weighted by Crippen LogP contribution is -2.08. The van der Waals surface area contributed by atoms with Gasteiger partial charge in [-0.15, -0.1) is 0 Å². The minimum absolute atomic E-state index is 0.236. The molecule has 0 bridgehead atoms. The summed E-state index contributed by atoms with van der Waals surface area (Å²) in [5.74, 6) is 0.295. The van der Waals surface area contributed by atoms with Crippen molar-refractivity contribution in [1.82, 2.24) is 14.8 Å². The molecule has 0 aliphatic heterocycles. The number of amides is 1. The highest BCUT2D eigenvalue weighted by molar-refractivity contribution is 7.08. The Balaban J connectivity index is 2.10. The zero-order valence-corrected chi connectivity index (χ0v) is 13.5. The molecule has 1 amide bonds. The van der Waals surface area contributed by atoms with E-state index in [0.29, 0.717) is 5.82 Å². The summed E-state index contributed by atoms with van der Waals surface area (Å²) in [5.41, 5.74) is 3.76. The van der Waals surface area contributed by atoms with Crippen LogP contribution in [0.5, 0.6) is 0 Å². The number of rotatable bonds is 4. The molecule has 3 aromatic heterocycles. The van der Waals surface area contributed by atoms with Gasteiger partial charge in [0.25, 0.3) is 0 Å². The molecular weight excluding hydrogens is 312 g/mol. The van der Waals surface area contributed by atoms with Crippen LogP contribution < -0.4 is 5.32 Å². The quantitative estimate of drug-likeness (QED) is 0.746. The summed E-state index contributed by atoms with van der Waals surface area (Å²) in [6.45, 7) is 4.14. The number of pyridine rings is 1. The van der Waals surface area contributed by atoms with Gasteiger partial charge >= 0.3 is 6.09 Å². The van der Waals surface area contributed by atoms with Crippen molar-refractivity contribution in [2.45, 2.75) is 19.9 Å². The topological polar surface area (TPSA) is 80.0 Å². The Kier molecular flexibility index (Phi) is 4.12. The van der Waals surface area contributed by atoms with Gasteiger partial charge in [-0.3, -0.25) is 10.00 Å². The van der Waals surface area contributed by atoms with E-state index in [2.05, 4.69) is 29.2 Å². The zero-order valence-electron chi connectivity index (χ0n) is 12.7. The van der Waals surface area contributed by atoms with Gasteiger partial charge in [-0.05, 0) is 43.0 Å². The smallest absolute Gasteiger partial charge is 0.410 e. The number of thiophene rings is 1. The molecule has 0 fully saturated rings. The maximum Gasteiger partial charge on any atom is 0.410 e. The lowest BCUT2D eigenvalue weighted by molar-refractivity contribution is 0.209. The van der Waals surface area contributed by atoms with E-state index in [1.165, 1.54) is 0 Å². The molecule has 0 saturated heterocycles. The van der Waals surface area contributed by atoms with Crippen LogP contribution >= 0.6 is 11.3 Å². The minimum atomic E-state index is -1.13. The van der Waals surface area contributed by atoms with Crippen LogP contribution in [0.4, 0.5) is 10.6 Å². The first-order chi connectivity index (χ1) is 11.0. The summed E-state index contributed by atoms with van der Waals surface area (Å²) in [6.07, 6.45) is 2.44. The molecule has 0 unspecified atom stereocenters. The van der Waals surface area contributed by atoms with E-state index in [-0.39, 0.29) is 6.04 Å². The van der Waals surface area contributed by atoms with Crippen LogP contribution in [0.15, 0.2) is 41.4 Å². The number of hydrogen-bond acceptors (Lipinski definition) is 4. The highest BCUT2D eigenvalue weighted by Gasteiger charge is 2.15. The third kappa shape index (κ3) is 3.24. The van der Waals surface area contributed by atoms with Gasteiger partial charge in [0.15, 0.2) is 0 Å². The summed E-state index contributed by atoms with van der Waals surface area (Å²) in [4.78, 5) is 14.8. The molecule has 7 heteroatoms. The lowest BCUT2D eigenvalue weighted by Gasteiger charge is -2.04. The van der Waals surface area contributed by atoms with E-state index < -0.39 is 6.09 Å². The highest BCUT2D eigenvalue weighted by Crippen LogP contribution is 2.33. The van der Waals surface area contributed by atoms with E-state index in [9.17, 15) is 4.79 Å². The van der Waals surface area contributed by atoms with Crippen molar-refractivity contribution in [2.24, 2.45) is 0 Å². The molecule has 0 aliphatic carbocycles. The zero-order chi connectivity index (χ0) is 16.4. The van der Waals surface area contributed by atoms with Crippen molar-refractivity contribution in [3.63, 3.8) is 0 Å². The van der Waals surface area contributed by atoms with Gasteiger partial charge in [0.05, 0.1) is 0 Å². The number of aromatic nitrogens is 3. The van der Waals surface area contributed by atoms with Crippen LogP contribution in [0, 0.1) is 0 Å². The normalized spacial score (nSPS) is 10.9. The SMILES string of the molecule is CC(C)n1cc(-c2ccnc(NC(=O)O)c2)c(-c2ccsc2)n1. The molecule has 3 rings (SSSR count). The van der Waals surface area contributed by atoms with Gasteiger partial charge in [-0.2, -0.15) is 16.4 Å². The van der Waals surface area contributed by atoms with Crippen molar-refractivity contribution < 1.29 is 9.90 Å². The van der Waals surface area contributed by atoms with E-state index in [4.69, 9.17) is 5.11 Å². The lowest BCUT2D eigenvalue weighted by atomic mass is 10.0. The molecule has 3 heterocycles. The van der Waals surface area contributed by atoms with Gasteiger partial charge in [0.1, 0.15) is 11.5 Å². The van der Waals surface area contributed by atoms with Crippen LogP contribution in [0.3, 0.4) is 0 Å². The minimum Gasteiger partial charge on any atom is -0.465 e. The van der Waals surface area contributed by atoms with E-state index >= 15 is 0 Å². The third-order valence-corrected chi connectivity index (χ3v) is 4.04. The van der Waals surface area contributed by atoms with Crippen molar-refractivity contribution in [1.29, 1.82) is 0 Å². The molecule has 0 atom stereocenters. The molecule has 23 heavy (non-hydrogen) atoms. The van der Waals surface area contributed by atoms with Gasteiger partial charge in [0, 0.05) is 34.9 Å². The van der Waals surface area contributed by atoms with Crippen LogP contribution in [0.1, 0.15) is 19.9 Å². The average Bonchev–Trinajstić information content (AvgIpc) is 3.16. The monoisotopic (exact) mass is 328 g/mol. The maximum absolute atomic E-state index is 10.8. The summed E-state index contributed by atoms with van der Waals surface area (Å²) in [6, 6.07) is 5.83. The molecule has 118 valence electrons. The number of nitrogens with one attached hydrogen (secondary N) is 1. The Hall–Kier alpha value is -2.67. The second kappa shape index (κ2) is 6.21. The van der Waals surface area contributed by atoms with Gasteiger partial charge < -0.3 is 5.11 Å². The molecule has 0 saturated carbocycles. The Morgan fingerprint density at radius 3 is 2.83 bits per heavy atom. The molecule has 0 spiro atoms. The highest BCUT2D eigenvalue weighted by atomic mass is 32.1. The van der Waals surface area contributed by atoms with Crippen LogP contribution in [-0.4, -0.2) is 26.0 Å². The standard InChI is InChI=1S/C16H16N4O2S/c1-10(2)20-8-13(15(19-20)12-4-6-23-9-12)11-3-5-17-14(7-11)18-16(21)22/h3-10H,1-2H3,(H,17,18)(H,21,22). The fraction of sp³-hybridized carbons (Fsp3) is 0.188.